The van der Waals surface area contributed by atoms with Crippen LogP contribution in [0.1, 0.15) is 11.3 Å². The number of imidazole rings is 1. The number of rotatable bonds is 7. The fourth-order valence-corrected chi connectivity index (χ4v) is 5.10. The molecule has 10 nitrogen and oxygen atoms in total. The first-order valence-corrected chi connectivity index (χ1v) is 12.9. The Morgan fingerprint density at radius 2 is 1.85 bits per heavy atom. The van der Waals surface area contributed by atoms with Gasteiger partial charge in [-0.05, 0) is 49.4 Å². The number of hydrogen-bond donors (Lipinski definition) is 2. The van der Waals surface area contributed by atoms with Crippen LogP contribution in [0.5, 0.6) is 0 Å². The standard InChI is InChI=1S/C26H17F3N8O2S/c1-15-17(27)5-2-6-21(15)40(38,39)36-19-8-7-18(28)24(23(19)29)35-26-25-20(31-13-32-26)9-10-22(34-25)37-12-16(33-14-37)4-3-11-30/h2-10,12-14,36H,1H3,(H,31,32,35)/b4-3+. The molecule has 14 heteroatoms. The van der Waals surface area contributed by atoms with Crippen molar-refractivity contribution in [3.8, 4) is 11.9 Å². The molecule has 0 aliphatic carbocycles. The lowest BCUT2D eigenvalue weighted by Gasteiger charge is -2.15. The minimum absolute atomic E-state index is 0.0599. The van der Waals surface area contributed by atoms with E-state index in [9.17, 15) is 17.2 Å². The summed E-state index contributed by atoms with van der Waals surface area (Å²) >= 11 is 0. The van der Waals surface area contributed by atoms with Crippen LogP contribution in [-0.2, 0) is 10.0 Å². The Morgan fingerprint density at radius 3 is 2.65 bits per heavy atom. The van der Waals surface area contributed by atoms with Gasteiger partial charge in [-0.15, -0.1) is 0 Å². The van der Waals surface area contributed by atoms with Gasteiger partial charge in [-0.3, -0.25) is 9.29 Å². The summed E-state index contributed by atoms with van der Waals surface area (Å²) in [5, 5.41) is 11.3. The van der Waals surface area contributed by atoms with Gasteiger partial charge in [-0.2, -0.15) is 5.26 Å². The van der Waals surface area contributed by atoms with E-state index in [1.807, 2.05) is 10.8 Å². The van der Waals surface area contributed by atoms with Crippen molar-refractivity contribution in [2.24, 2.45) is 0 Å². The van der Waals surface area contributed by atoms with Crippen molar-refractivity contribution in [2.45, 2.75) is 11.8 Å². The van der Waals surface area contributed by atoms with Gasteiger partial charge in [0.2, 0.25) is 0 Å². The van der Waals surface area contributed by atoms with Crippen LogP contribution in [0.2, 0.25) is 0 Å². The van der Waals surface area contributed by atoms with Gasteiger partial charge in [0, 0.05) is 17.8 Å². The number of pyridine rings is 1. The van der Waals surface area contributed by atoms with E-state index in [2.05, 4.69) is 25.3 Å². The second kappa shape index (κ2) is 10.5. The van der Waals surface area contributed by atoms with Crippen molar-refractivity contribution in [3.05, 3.63) is 96.1 Å². The molecule has 5 aromatic rings. The van der Waals surface area contributed by atoms with Crippen LogP contribution in [0.3, 0.4) is 0 Å². The Morgan fingerprint density at radius 1 is 1.02 bits per heavy atom. The van der Waals surface area contributed by atoms with Crippen LogP contribution in [0.4, 0.5) is 30.4 Å². The maximum absolute atomic E-state index is 15.5. The number of aromatic nitrogens is 5. The molecule has 3 heterocycles. The fraction of sp³-hybridized carbons (Fsp3) is 0.0385. The first kappa shape index (κ1) is 26.3. The van der Waals surface area contributed by atoms with E-state index in [1.54, 1.807) is 22.9 Å². The number of nitrogens with one attached hydrogen (secondary N) is 2. The number of sulfonamides is 1. The number of fused-ring (bicyclic) bond motifs is 1. The van der Waals surface area contributed by atoms with E-state index < -0.39 is 43.7 Å². The van der Waals surface area contributed by atoms with Crippen LogP contribution in [-0.4, -0.2) is 32.9 Å². The first-order valence-electron chi connectivity index (χ1n) is 11.4. The Hall–Kier alpha value is -5.29. The molecule has 0 spiro atoms. The lowest BCUT2D eigenvalue weighted by Crippen LogP contribution is -2.16. The lowest BCUT2D eigenvalue weighted by molar-refractivity contribution is 0.585. The predicted molar refractivity (Wildman–Crippen MR) is 141 cm³/mol. The van der Waals surface area contributed by atoms with Gasteiger partial charge < -0.3 is 5.32 Å². The number of allylic oxidation sites excluding steroid dienone is 1. The Balaban J connectivity index is 1.51. The zero-order chi connectivity index (χ0) is 28.4. The molecule has 200 valence electrons. The number of benzene rings is 2. The maximum atomic E-state index is 15.5. The summed E-state index contributed by atoms with van der Waals surface area (Å²) in [6.07, 6.45) is 7.04. The molecular formula is C26H17F3N8O2S. The molecule has 0 bridgehead atoms. The smallest absolute Gasteiger partial charge is 0.262 e. The van der Waals surface area contributed by atoms with E-state index in [1.165, 1.54) is 43.9 Å². The van der Waals surface area contributed by atoms with E-state index in [0.29, 0.717) is 17.0 Å². The quantitative estimate of drug-likeness (QED) is 0.264. The minimum atomic E-state index is -4.42. The van der Waals surface area contributed by atoms with Crippen molar-refractivity contribution < 1.29 is 21.6 Å². The van der Waals surface area contributed by atoms with Crippen LogP contribution in [0.15, 0.2) is 72.3 Å². The van der Waals surface area contributed by atoms with E-state index >= 15 is 4.39 Å². The van der Waals surface area contributed by atoms with Crippen molar-refractivity contribution in [3.63, 3.8) is 0 Å². The summed E-state index contributed by atoms with van der Waals surface area (Å²) in [6, 6.07) is 10.4. The molecule has 5 rings (SSSR count). The van der Waals surface area contributed by atoms with Crippen LogP contribution in [0, 0.1) is 35.7 Å². The molecular weight excluding hydrogens is 545 g/mol. The normalized spacial score (nSPS) is 11.6. The molecule has 0 radical (unpaired) electrons. The Labute approximate surface area is 225 Å². The molecule has 0 atom stereocenters. The summed E-state index contributed by atoms with van der Waals surface area (Å²) in [5.41, 5.74) is -0.418. The average Bonchev–Trinajstić information content (AvgIpc) is 3.41. The zero-order valence-corrected chi connectivity index (χ0v) is 21.3. The van der Waals surface area contributed by atoms with Gasteiger partial charge in [0.05, 0.1) is 27.9 Å². The van der Waals surface area contributed by atoms with Gasteiger partial charge >= 0.3 is 0 Å². The molecule has 2 N–H and O–H groups in total. The molecule has 0 saturated heterocycles. The predicted octanol–water partition coefficient (Wildman–Crippen LogP) is 5.02. The van der Waals surface area contributed by atoms with Crippen molar-refractivity contribution in [1.29, 1.82) is 5.26 Å². The van der Waals surface area contributed by atoms with E-state index in [0.717, 1.165) is 18.2 Å². The van der Waals surface area contributed by atoms with Crippen LogP contribution < -0.4 is 10.0 Å². The molecule has 0 fully saturated rings. The molecule has 2 aromatic carbocycles. The lowest BCUT2D eigenvalue weighted by atomic mass is 10.2. The summed E-state index contributed by atoms with van der Waals surface area (Å²) in [7, 11) is -4.42. The van der Waals surface area contributed by atoms with Gasteiger partial charge in [0.25, 0.3) is 10.0 Å². The minimum Gasteiger partial charge on any atom is -0.333 e. The number of hydrogen-bond acceptors (Lipinski definition) is 8. The SMILES string of the molecule is Cc1c(F)cccc1S(=O)(=O)Nc1ccc(F)c(Nc2ncnc3ccc(-n4cnc(/C=C/C#N)c4)nc23)c1F. The molecule has 0 amide bonds. The van der Waals surface area contributed by atoms with Gasteiger partial charge in [-0.1, -0.05) is 6.07 Å². The summed E-state index contributed by atoms with van der Waals surface area (Å²) in [6.45, 7) is 1.27. The maximum Gasteiger partial charge on any atom is 0.262 e. The van der Waals surface area contributed by atoms with Crippen molar-refractivity contribution >= 4 is 44.3 Å². The van der Waals surface area contributed by atoms with Gasteiger partial charge in [0.15, 0.2) is 11.6 Å². The van der Waals surface area contributed by atoms with Crippen molar-refractivity contribution in [2.75, 3.05) is 10.0 Å². The fourth-order valence-electron chi connectivity index (χ4n) is 3.78. The second-order valence-corrected chi connectivity index (χ2v) is 9.96. The molecule has 0 aliphatic rings. The Kier molecular flexibility index (Phi) is 6.89. The third-order valence-corrected chi connectivity index (χ3v) is 7.26. The Bertz CT molecular complexity index is 1950. The molecule has 3 aromatic heterocycles. The molecule has 0 aliphatic heterocycles. The summed E-state index contributed by atoms with van der Waals surface area (Å²) < 4.78 is 73.6. The number of nitrogens with zero attached hydrogens (tertiary/aromatic N) is 6. The monoisotopic (exact) mass is 562 g/mol. The number of halogens is 3. The number of nitriles is 1. The third kappa shape index (κ3) is 5.05. The van der Waals surface area contributed by atoms with Crippen molar-refractivity contribution in [1.82, 2.24) is 24.5 Å². The average molecular weight is 563 g/mol. The topological polar surface area (TPSA) is 138 Å². The third-order valence-electron chi connectivity index (χ3n) is 5.75. The highest BCUT2D eigenvalue weighted by atomic mass is 32.2. The summed E-state index contributed by atoms with van der Waals surface area (Å²) in [5.74, 6) is -2.73. The largest absolute Gasteiger partial charge is 0.333 e. The van der Waals surface area contributed by atoms with Crippen LogP contribution >= 0.6 is 0 Å². The number of anilines is 3. The van der Waals surface area contributed by atoms with E-state index in [4.69, 9.17) is 5.26 Å². The van der Waals surface area contributed by atoms with Crippen LogP contribution in [0.25, 0.3) is 22.9 Å². The molecule has 0 saturated carbocycles. The highest BCUT2D eigenvalue weighted by Crippen LogP contribution is 2.32. The van der Waals surface area contributed by atoms with Gasteiger partial charge in [-0.25, -0.2) is 41.5 Å². The molecule has 0 unspecified atom stereocenters. The first-order chi connectivity index (χ1) is 19.2. The molecule has 40 heavy (non-hydrogen) atoms. The van der Waals surface area contributed by atoms with Gasteiger partial charge in [0.1, 0.15) is 41.3 Å². The second-order valence-electron chi connectivity index (χ2n) is 8.31. The van der Waals surface area contributed by atoms with E-state index in [-0.39, 0.29) is 16.9 Å². The highest BCUT2D eigenvalue weighted by molar-refractivity contribution is 7.92. The zero-order valence-electron chi connectivity index (χ0n) is 20.5. The summed E-state index contributed by atoms with van der Waals surface area (Å²) in [4.78, 5) is 16.4. The highest BCUT2D eigenvalue weighted by Gasteiger charge is 2.23.